The highest BCUT2D eigenvalue weighted by atomic mass is 19.1. The van der Waals surface area contributed by atoms with Gasteiger partial charge in [-0.15, -0.1) is 0 Å². The highest BCUT2D eigenvalue weighted by Crippen LogP contribution is 2.33. The summed E-state index contributed by atoms with van der Waals surface area (Å²) < 4.78 is 13.7. The summed E-state index contributed by atoms with van der Waals surface area (Å²) in [7, 11) is 0. The third-order valence-electron chi connectivity index (χ3n) is 6.22. The molecule has 2 aromatic carbocycles. The van der Waals surface area contributed by atoms with Crippen LogP contribution in [0.4, 0.5) is 4.39 Å². The molecule has 0 heterocycles. The normalized spacial score (nSPS) is 18.0. The topological polar surface area (TPSA) is 81.6 Å². The summed E-state index contributed by atoms with van der Waals surface area (Å²) in [6, 6.07) is 10.4. The monoisotopic (exact) mass is 442 g/mol. The van der Waals surface area contributed by atoms with E-state index in [1.165, 1.54) is 35.7 Å². The van der Waals surface area contributed by atoms with E-state index in [1.807, 2.05) is 0 Å². The minimum absolute atomic E-state index is 0.0619. The van der Waals surface area contributed by atoms with Gasteiger partial charge in [-0.25, -0.2) is 4.39 Å². The van der Waals surface area contributed by atoms with Gasteiger partial charge < -0.3 is 20.8 Å². The van der Waals surface area contributed by atoms with Crippen LogP contribution in [0.5, 0.6) is 5.75 Å². The van der Waals surface area contributed by atoms with E-state index in [4.69, 9.17) is 0 Å². The van der Waals surface area contributed by atoms with Crippen molar-refractivity contribution in [2.75, 3.05) is 6.54 Å². The Hall–Kier alpha value is -2.44. The number of carbonyl (C=O) groups excluding carboxylic acids is 1. The number of phenolic OH excluding ortho intramolecular Hbond substituents is 1. The number of aliphatic hydroxyl groups is 1. The number of benzene rings is 2. The number of fused-ring (bicyclic) bond motifs is 1. The number of hydrogen-bond acceptors (Lipinski definition) is 4. The predicted molar refractivity (Wildman–Crippen MR) is 124 cm³/mol. The van der Waals surface area contributed by atoms with Crippen LogP contribution in [-0.2, 0) is 23.1 Å². The molecule has 1 aliphatic rings. The molecule has 0 fully saturated rings. The molecule has 0 radical (unpaired) electrons. The fourth-order valence-electron chi connectivity index (χ4n) is 4.36. The molecule has 3 atom stereocenters. The van der Waals surface area contributed by atoms with Crippen molar-refractivity contribution >= 4 is 5.91 Å². The molecule has 5 nitrogen and oxygen atoms in total. The van der Waals surface area contributed by atoms with Crippen molar-refractivity contribution < 1.29 is 19.4 Å². The number of phenols is 1. The number of halogens is 1. The van der Waals surface area contributed by atoms with Gasteiger partial charge in [0.2, 0.25) is 5.91 Å². The van der Waals surface area contributed by atoms with Crippen molar-refractivity contribution in [3.05, 3.63) is 64.5 Å². The Balaban J connectivity index is 1.71. The van der Waals surface area contributed by atoms with Gasteiger partial charge in [0.25, 0.3) is 0 Å². The maximum absolute atomic E-state index is 13.7. The Morgan fingerprint density at radius 2 is 1.97 bits per heavy atom. The molecule has 0 aliphatic heterocycles. The Labute approximate surface area is 190 Å². The van der Waals surface area contributed by atoms with E-state index in [9.17, 15) is 19.4 Å². The number of amides is 1. The fraction of sp³-hybridized carbons (Fsp3) is 0.500. The zero-order chi connectivity index (χ0) is 23.5. The van der Waals surface area contributed by atoms with Gasteiger partial charge >= 0.3 is 0 Å². The molecule has 0 saturated heterocycles. The lowest BCUT2D eigenvalue weighted by Crippen LogP contribution is -2.48. The first kappa shape index (κ1) is 24.2. The van der Waals surface area contributed by atoms with E-state index in [-0.39, 0.29) is 23.8 Å². The van der Waals surface area contributed by atoms with E-state index < -0.39 is 23.7 Å². The van der Waals surface area contributed by atoms with Crippen molar-refractivity contribution in [1.29, 1.82) is 0 Å². The number of nitrogens with one attached hydrogen (secondary N) is 2. The van der Waals surface area contributed by atoms with Crippen LogP contribution in [0.3, 0.4) is 0 Å². The maximum Gasteiger partial charge on any atom is 0.217 e. The first-order chi connectivity index (χ1) is 15.0. The van der Waals surface area contributed by atoms with E-state index in [1.54, 1.807) is 6.07 Å². The highest BCUT2D eigenvalue weighted by molar-refractivity contribution is 5.73. The second-order valence-electron chi connectivity index (χ2n) is 9.88. The van der Waals surface area contributed by atoms with Gasteiger partial charge in [-0.2, -0.15) is 0 Å². The van der Waals surface area contributed by atoms with Gasteiger partial charge in [0.1, 0.15) is 0 Å². The zero-order valence-electron chi connectivity index (χ0n) is 19.4. The van der Waals surface area contributed by atoms with Crippen LogP contribution in [-0.4, -0.2) is 34.8 Å². The Morgan fingerprint density at radius 3 is 2.62 bits per heavy atom. The third kappa shape index (κ3) is 6.08. The van der Waals surface area contributed by atoms with Gasteiger partial charge in [-0.3, -0.25) is 4.79 Å². The average molecular weight is 443 g/mol. The Morgan fingerprint density at radius 1 is 1.22 bits per heavy atom. The third-order valence-corrected chi connectivity index (χ3v) is 6.22. The molecular formula is C26H35FN2O3. The molecule has 1 amide bonds. The molecule has 174 valence electrons. The number of aryl methyl sites for hydroxylation is 1. The summed E-state index contributed by atoms with van der Waals surface area (Å²) in [5, 5.41) is 26.6. The van der Waals surface area contributed by atoms with Crippen molar-refractivity contribution in [2.45, 2.75) is 77.0 Å². The molecule has 4 N–H and O–H groups in total. The maximum atomic E-state index is 13.7. The lowest BCUT2D eigenvalue weighted by atomic mass is 9.80. The lowest BCUT2D eigenvalue weighted by molar-refractivity contribution is -0.120. The SMILES string of the molecule is CC(=O)NC(Cc1ccc(O)c(F)c1)C(O)CNC1CCCc2ccc(C(C)(C)C)cc21. The quantitative estimate of drug-likeness (QED) is 0.524. The number of rotatable bonds is 7. The second-order valence-corrected chi connectivity index (χ2v) is 9.88. The fourth-order valence-corrected chi connectivity index (χ4v) is 4.36. The minimum atomic E-state index is -0.855. The van der Waals surface area contributed by atoms with Crippen LogP contribution in [0, 0.1) is 5.82 Å². The van der Waals surface area contributed by atoms with Crippen LogP contribution in [0.15, 0.2) is 36.4 Å². The second kappa shape index (κ2) is 10.0. The first-order valence-electron chi connectivity index (χ1n) is 11.3. The molecule has 0 bridgehead atoms. The van der Waals surface area contributed by atoms with Gasteiger partial charge in [0.05, 0.1) is 12.1 Å². The molecule has 1 aliphatic carbocycles. The van der Waals surface area contributed by atoms with Gasteiger partial charge in [0, 0.05) is 19.5 Å². The van der Waals surface area contributed by atoms with E-state index >= 15 is 0 Å². The van der Waals surface area contributed by atoms with Crippen LogP contribution in [0.25, 0.3) is 0 Å². The Bertz CT molecular complexity index is 955. The van der Waals surface area contributed by atoms with Crippen LogP contribution < -0.4 is 10.6 Å². The molecule has 32 heavy (non-hydrogen) atoms. The number of hydrogen-bond donors (Lipinski definition) is 4. The van der Waals surface area contributed by atoms with Gasteiger partial charge in [-0.1, -0.05) is 45.0 Å². The largest absolute Gasteiger partial charge is 0.505 e. The predicted octanol–water partition coefficient (Wildman–Crippen LogP) is 3.90. The summed E-state index contributed by atoms with van der Waals surface area (Å²) in [6.07, 6.45) is 2.53. The molecule has 0 aromatic heterocycles. The van der Waals surface area contributed by atoms with E-state index in [0.29, 0.717) is 12.1 Å². The zero-order valence-corrected chi connectivity index (χ0v) is 19.4. The van der Waals surface area contributed by atoms with Gasteiger partial charge in [0.15, 0.2) is 11.6 Å². The number of carbonyl (C=O) groups is 1. The summed E-state index contributed by atoms with van der Waals surface area (Å²) in [4.78, 5) is 11.7. The minimum Gasteiger partial charge on any atom is -0.505 e. The van der Waals surface area contributed by atoms with Crippen molar-refractivity contribution in [3.63, 3.8) is 0 Å². The first-order valence-corrected chi connectivity index (χ1v) is 11.3. The molecule has 3 unspecified atom stereocenters. The number of aromatic hydroxyl groups is 1. The van der Waals surface area contributed by atoms with Crippen LogP contribution >= 0.6 is 0 Å². The molecule has 6 heteroatoms. The van der Waals surface area contributed by atoms with Gasteiger partial charge in [-0.05, 0) is 65.5 Å². The standard InChI is InChI=1S/C26H35FN2O3/c1-16(30)29-23(13-17-8-11-24(31)21(27)12-17)25(32)15-28-22-7-5-6-18-9-10-19(14-20(18)22)26(2,3)4/h8-12,14,22-23,25,28,31-32H,5-7,13,15H2,1-4H3,(H,29,30). The lowest BCUT2D eigenvalue weighted by Gasteiger charge is -2.31. The summed E-state index contributed by atoms with van der Waals surface area (Å²) in [5.74, 6) is -1.39. The Kier molecular flexibility index (Phi) is 7.57. The summed E-state index contributed by atoms with van der Waals surface area (Å²) in [6.45, 7) is 8.31. The number of aliphatic hydroxyl groups excluding tert-OH is 1. The van der Waals surface area contributed by atoms with Crippen LogP contribution in [0.1, 0.15) is 68.8 Å². The molecule has 3 rings (SSSR count). The highest BCUT2D eigenvalue weighted by Gasteiger charge is 2.26. The van der Waals surface area contributed by atoms with Crippen molar-refractivity contribution in [2.24, 2.45) is 0 Å². The molecule has 0 spiro atoms. The van der Waals surface area contributed by atoms with E-state index in [2.05, 4.69) is 49.6 Å². The molecule has 0 saturated carbocycles. The van der Waals surface area contributed by atoms with Crippen molar-refractivity contribution in [3.8, 4) is 5.75 Å². The average Bonchev–Trinajstić information content (AvgIpc) is 2.72. The molecule has 2 aromatic rings. The van der Waals surface area contributed by atoms with E-state index in [0.717, 1.165) is 19.3 Å². The van der Waals surface area contributed by atoms with Crippen LogP contribution in [0.2, 0.25) is 0 Å². The van der Waals surface area contributed by atoms with Crippen molar-refractivity contribution in [1.82, 2.24) is 10.6 Å². The smallest absolute Gasteiger partial charge is 0.217 e. The summed E-state index contributed by atoms with van der Waals surface area (Å²) in [5.41, 5.74) is 4.57. The summed E-state index contributed by atoms with van der Waals surface area (Å²) >= 11 is 0. The molecular weight excluding hydrogens is 407 g/mol.